The third-order valence-electron chi connectivity index (χ3n) is 2.96. The van der Waals surface area contributed by atoms with Gasteiger partial charge in [0, 0.05) is 12.6 Å². The first-order valence-corrected chi connectivity index (χ1v) is 5.62. The van der Waals surface area contributed by atoms with Crippen molar-refractivity contribution in [3.05, 3.63) is 52.6 Å². The van der Waals surface area contributed by atoms with Crippen molar-refractivity contribution in [1.82, 2.24) is 19.2 Å². The van der Waals surface area contributed by atoms with Crippen molar-refractivity contribution in [3.63, 3.8) is 0 Å². The predicted octanol–water partition coefficient (Wildman–Crippen LogP) is 0.967. The van der Waals surface area contributed by atoms with Gasteiger partial charge in [0.2, 0.25) is 5.78 Å². The van der Waals surface area contributed by atoms with E-state index in [0.717, 1.165) is 5.56 Å². The molecule has 0 radical (unpaired) electrons. The van der Waals surface area contributed by atoms with Crippen molar-refractivity contribution in [3.8, 4) is 17.3 Å². The summed E-state index contributed by atoms with van der Waals surface area (Å²) in [6.45, 7) is 0. The SMILES string of the molecule is Cn1c(=O)c(C#N)c(-c2ccccc2)n2ncnc12. The number of aromatic nitrogens is 4. The molecule has 0 atom stereocenters. The van der Waals surface area contributed by atoms with Crippen molar-refractivity contribution in [2.24, 2.45) is 7.05 Å². The van der Waals surface area contributed by atoms with Crippen LogP contribution in [0.3, 0.4) is 0 Å². The maximum atomic E-state index is 12.2. The monoisotopic (exact) mass is 251 g/mol. The number of aryl methyl sites for hydroxylation is 1. The van der Waals surface area contributed by atoms with Crippen LogP contribution >= 0.6 is 0 Å². The second kappa shape index (κ2) is 4.07. The van der Waals surface area contributed by atoms with Gasteiger partial charge < -0.3 is 0 Å². The van der Waals surface area contributed by atoms with Crippen LogP contribution in [0.2, 0.25) is 0 Å². The average Bonchev–Trinajstić information content (AvgIpc) is 2.92. The zero-order valence-electron chi connectivity index (χ0n) is 10.1. The molecule has 0 aliphatic heterocycles. The van der Waals surface area contributed by atoms with Gasteiger partial charge in [0.15, 0.2) is 0 Å². The van der Waals surface area contributed by atoms with E-state index >= 15 is 0 Å². The third-order valence-corrected chi connectivity index (χ3v) is 2.96. The second-order valence-corrected chi connectivity index (χ2v) is 4.04. The molecule has 0 unspecified atom stereocenters. The van der Waals surface area contributed by atoms with Gasteiger partial charge in [-0.05, 0) is 0 Å². The number of rotatable bonds is 1. The Hall–Kier alpha value is -2.94. The Balaban J connectivity index is 2.54. The molecule has 92 valence electrons. The fourth-order valence-corrected chi connectivity index (χ4v) is 2.05. The highest BCUT2D eigenvalue weighted by Crippen LogP contribution is 2.20. The van der Waals surface area contributed by atoms with Crippen LogP contribution in [0.15, 0.2) is 41.5 Å². The molecule has 0 bridgehead atoms. The van der Waals surface area contributed by atoms with Crippen LogP contribution in [0.4, 0.5) is 0 Å². The van der Waals surface area contributed by atoms with Crippen LogP contribution in [0.25, 0.3) is 17.0 Å². The van der Waals surface area contributed by atoms with E-state index in [4.69, 9.17) is 0 Å². The lowest BCUT2D eigenvalue weighted by Crippen LogP contribution is -2.24. The molecule has 0 aliphatic carbocycles. The van der Waals surface area contributed by atoms with E-state index in [-0.39, 0.29) is 11.1 Å². The lowest BCUT2D eigenvalue weighted by molar-refractivity contribution is 0.812. The van der Waals surface area contributed by atoms with E-state index in [1.807, 2.05) is 36.4 Å². The van der Waals surface area contributed by atoms with Crippen LogP contribution in [0, 0.1) is 11.3 Å². The van der Waals surface area contributed by atoms with Crippen LogP contribution in [0.1, 0.15) is 5.56 Å². The van der Waals surface area contributed by atoms with Crippen LogP contribution in [0.5, 0.6) is 0 Å². The molecule has 0 spiro atoms. The summed E-state index contributed by atoms with van der Waals surface area (Å²) < 4.78 is 2.83. The van der Waals surface area contributed by atoms with E-state index in [1.165, 1.54) is 15.4 Å². The Morgan fingerprint density at radius 3 is 2.68 bits per heavy atom. The number of fused-ring (bicyclic) bond motifs is 1. The topological polar surface area (TPSA) is 76.0 Å². The molecule has 6 nitrogen and oxygen atoms in total. The fraction of sp³-hybridized carbons (Fsp3) is 0.0769. The maximum absolute atomic E-state index is 12.2. The zero-order valence-corrected chi connectivity index (χ0v) is 10.1. The lowest BCUT2D eigenvalue weighted by Gasteiger charge is -2.08. The van der Waals surface area contributed by atoms with Gasteiger partial charge in [-0.15, -0.1) is 0 Å². The molecule has 1 aromatic carbocycles. The van der Waals surface area contributed by atoms with Crippen LogP contribution in [-0.2, 0) is 7.05 Å². The first kappa shape index (κ1) is 11.2. The molecule has 0 saturated carbocycles. The molecular weight excluding hydrogens is 242 g/mol. The number of benzene rings is 1. The van der Waals surface area contributed by atoms with E-state index in [2.05, 4.69) is 10.1 Å². The quantitative estimate of drug-likeness (QED) is 0.645. The average molecular weight is 251 g/mol. The Morgan fingerprint density at radius 2 is 2.00 bits per heavy atom. The highest BCUT2D eigenvalue weighted by molar-refractivity contribution is 5.68. The summed E-state index contributed by atoms with van der Waals surface area (Å²) in [7, 11) is 1.57. The van der Waals surface area contributed by atoms with Gasteiger partial charge in [0.1, 0.15) is 18.0 Å². The highest BCUT2D eigenvalue weighted by atomic mass is 16.1. The molecule has 0 fully saturated rings. The highest BCUT2D eigenvalue weighted by Gasteiger charge is 2.17. The Bertz CT molecular complexity index is 854. The standard InChI is InChI=1S/C13H9N5O/c1-17-12(19)10(7-14)11(9-5-3-2-4-6-9)18-13(17)15-8-16-18/h2-6,8H,1H3. The summed E-state index contributed by atoms with van der Waals surface area (Å²) in [5.41, 5.74) is 0.916. The summed E-state index contributed by atoms with van der Waals surface area (Å²) in [5.74, 6) is 0.405. The molecule has 0 aliphatic rings. The van der Waals surface area contributed by atoms with Gasteiger partial charge in [0.25, 0.3) is 5.56 Å². The van der Waals surface area contributed by atoms with Gasteiger partial charge >= 0.3 is 0 Å². The maximum Gasteiger partial charge on any atom is 0.273 e. The summed E-state index contributed by atoms with van der Waals surface area (Å²) >= 11 is 0. The largest absolute Gasteiger partial charge is 0.279 e. The van der Waals surface area contributed by atoms with E-state index < -0.39 is 0 Å². The molecule has 0 saturated heterocycles. The smallest absolute Gasteiger partial charge is 0.273 e. The van der Waals surface area contributed by atoms with E-state index in [1.54, 1.807) is 7.05 Å². The van der Waals surface area contributed by atoms with Crippen molar-refractivity contribution >= 4 is 5.78 Å². The molecule has 0 N–H and O–H groups in total. The van der Waals surface area contributed by atoms with Crippen LogP contribution < -0.4 is 5.56 Å². The van der Waals surface area contributed by atoms with Gasteiger partial charge in [-0.2, -0.15) is 19.9 Å². The molecule has 0 amide bonds. The minimum atomic E-state index is -0.373. The molecule has 2 heterocycles. The molecule has 6 heteroatoms. The number of hydrogen-bond donors (Lipinski definition) is 0. The van der Waals surface area contributed by atoms with E-state index in [0.29, 0.717) is 11.5 Å². The Labute approximate surface area is 108 Å². The van der Waals surface area contributed by atoms with Crippen molar-refractivity contribution in [2.45, 2.75) is 0 Å². The molecule has 3 rings (SSSR count). The lowest BCUT2D eigenvalue weighted by atomic mass is 10.1. The summed E-state index contributed by atoms with van der Waals surface area (Å²) in [6, 6.07) is 11.2. The number of nitrogens with zero attached hydrogens (tertiary/aromatic N) is 5. The predicted molar refractivity (Wildman–Crippen MR) is 68.4 cm³/mol. The zero-order chi connectivity index (χ0) is 13.4. The van der Waals surface area contributed by atoms with Gasteiger partial charge in [-0.3, -0.25) is 9.36 Å². The third kappa shape index (κ3) is 1.52. The number of nitriles is 1. The Morgan fingerprint density at radius 1 is 1.26 bits per heavy atom. The molecule has 2 aromatic heterocycles. The number of hydrogen-bond acceptors (Lipinski definition) is 4. The van der Waals surface area contributed by atoms with Gasteiger partial charge in [0.05, 0.1) is 5.69 Å². The Kier molecular flexibility index (Phi) is 2.39. The molecule has 19 heavy (non-hydrogen) atoms. The van der Waals surface area contributed by atoms with Crippen molar-refractivity contribution < 1.29 is 0 Å². The van der Waals surface area contributed by atoms with Crippen LogP contribution in [-0.4, -0.2) is 19.2 Å². The van der Waals surface area contributed by atoms with Gasteiger partial charge in [-0.1, -0.05) is 30.3 Å². The minimum Gasteiger partial charge on any atom is -0.279 e. The molecule has 3 aromatic rings. The minimum absolute atomic E-state index is 0.0618. The van der Waals surface area contributed by atoms with Gasteiger partial charge in [-0.25, -0.2) is 0 Å². The molecular formula is C13H9N5O. The van der Waals surface area contributed by atoms with E-state index in [9.17, 15) is 10.1 Å². The summed E-state index contributed by atoms with van der Waals surface area (Å²) in [5, 5.41) is 13.4. The first-order chi connectivity index (χ1) is 9.24. The summed E-state index contributed by atoms with van der Waals surface area (Å²) in [4.78, 5) is 16.2. The van der Waals surface area contributed by atoms with Crippen molar-refractivity contribution in [1.29, 1.82) is 5.26 Å². The fourth-order valence-electron chi connectivity index (χ4n) is 2.05. The first-order valence-electron chi connectivity index (χ1n) is 5.62. The normalized spacial score (nSPS) is 10.5. The van der Waals surface area contributed by atoms with Crippen molar-refractivity contribution in [2.75, 3.05) is 0 Å². The second-order valence-electron chi connectivity index (χ2n) is 4.04. The summed E-state index contributed by atoms with van der Waals surface area (Å²) in [6.07, 6.45) is 1.36.